The van der Waals surface area contributed by atoms with E-state index in [2.05, 4.69) is 16.6 Å². The van der Waals surface area contributed by atoms with Crippen molar-refractivity contribution in [3.63, 3.8) is 0 Å². The summed E-state index contributed by atoms with van der Waals surface area (Å²) in [5.41, 5.74) is 0. The minimum atomic E-state index is -0.116. The molecule has 2 N–H and O–H groups in total. The highest BCUT2D eigenvalue weighted by Gasteiger charge is 2.22. The summed E-state index contributed by atoms with van der Waals surface area (Å²) in [4.78, 5) is 11.5. The maximum Gasteiger partial charge on any atom is 0.238 e. The van der Waals surface area contributed by atoms with Gasteiger partial charge in [-0.25, -0.2) is 0 Å². The monoisotopic (exact) mass is 180 g/mol. The molecule has 0 bridgehead atoms. The molecule has 0 aromatic rings. The Morgan fingerprint density at radius 3 is 3.08 bits per heavy atom. The van der Waals surface area contributed by atoms with Crippen LogP contribution in [0.3, 0.4) is 0 Å². The Morgan fingerprint density at radius 1 is 1.85 bits per heavy atom. The lowest BCUT2D eigenvalue weighted by atomic mass is 10.2. The number of nitrogens with one attached hydrogen (secondary N) is 2. The summed E-state index contributed by atoms with van der Waals surface area (Å²) in [6, 6.07) is -0.141. The average Bonchev–Trinajstić information content (AvgIpc) is 2.66. The zero-order chi connectivity index (χ0) is 9.68. The van der Waals surface area contributed by atoms with Crippen LogP contribution in [-0.4, -0.2) is 24.5 Å². The van der Waals surface area contributed by atoms with Crippen molar-refractivity contribution in [2.75, 3.05) is 6.54 Å². The van der Waals surface area contributed by atoms with E-state index in [1.165, 1.54) is 0 Å². The van der Waals surface area contributed by atoms with Gasteiger partial charge in [-0.3, -0.25) is 4.79 Å². The number of rotatable bonds is 3. The zero-order valence-corrected chi connectivity index (χ0v) is 7.97. The fourth-order valence-corrected chi connectivity index (χ4v) is 1.44. The van der Waals surface area contributed by atoms with E-state index >= 15 is 0 Å². The van der Waals surface area contributed by atoms with Crippen LogP contribution in [0.2, 0.25) is 0 Å². The minimum absolute atomic E-state index is 0.0256. The largest absolute Gasteiger partial charge is 0.341 e. The molecular weight excluding hydrogens is 164 g/mol. The molecule has 1 unspecified atom stereocenters. The van der Waals surface area contributed by atoms with Crippen molar-refractivity contribution in [1.82, 2.24) is 10.6 Å². The molecule has 13 heavy (non-hydrogen) atoms. The van der Waals surface area contributed by atoms with Crippen molar-refractivity contribution >= 4 is 5.91 Å². The first-order chi connectivity index (χ1) is 6.27. The Morgan fingerprint density at radius 2 is 2.62 bits per heavy atom. The molecule has 0 saturated carbocycles. The number of hydrogen-bond acceptors (Lipinski definition) is 2. The average molecular weight is 180 g/mol. The molecule has 2 atom stereocenters. The second kappa shape index (κ2) is 4.88. The lowest BCUT2D eigenvalue weighted by Crippen LogP contribution is -2.44. The molecule has 1 fully saturated rings. The van der Waals surface area contributed by atoms with Gasteiger partial charge in [-0.05, 0) is 25.8 Å². The van der Waals surface area contributed by atoms with Crippen LogP contribution in [0.4, 0.5) is 0 Å². The van der Waals surface area contributed by atoms with Gasteiger partial charge < -0.3 is 10.6 Å². The molecule has 1 amide bonds. The van der Waals surface area contributed by atoms with Crippen LogP contribution in [0.25, 0.3) is 0 Å². The Balaban J connectivity index is 2.35. The van der Waals surface area contributed by atoms with Crippen LogP contribution in [-0.2, 0) is 4.79 Å². The summed E-state index contributed by atoms with van der Waals surface area (Å²) < 4.78 is 0. The third kappa shape index (κ3) is 2.74. The molecule has 1 aliphatic rings. The highest BCUT2D eigenvalue weighted by molar-refractivity contribution is 5.82. The summed E-state index contributed by atoms with van der Waals surface area (Å²) in [5.74, 6) is 2.59. The van der Waals surface area contributed by atoms with Crippen molar-refractivity contribution in [1.29, 1.82) is 0 Å². The maximum atomic E-state index is 11.5. The van der Waals surface area contributed by atoms with Crippen molar-refractivity contribution in [2.24, 2.45) is 0 Å². The second-order valence-electron chi connectivity index (χ2n) is 3.29. The predicted molar refractivity (Wildman–Crippen MR) is 52.1 cm³/mol. The van der Waals surface area contributed by atoms with Gasteiger partial charge >= 0.3 is 0 Å². The Labute approximate surface area is 79.3 Å². The molecule has 0 spiro atoms. The topological polar surface area (TPSA) is 41.1 Å². The fraction of sp³-hybridized carbons (Fsp3) is 0.700. The molecule has 0 aliphatic carbocycles. The van der Waals surface area contributed by atoms with Crippen molar-refractivity contribution in [3.8, 4) is 12.3 Å². The summed E-state index contributed by atoms with van der Waals surface area (Å²) in [6.07, 6.45) is 8.03. The van der Waals surface area contributed by atoms with Gasteiger partial charge in [0.05, 0.1) is 12.1 Å². The van der Waals surface area contributed by atoms with E-state index in [0.717, 1.165) is 25.8 Å². The highest BCUT2D eigenvalue weighted by atomic mass is 16.2. The first-order valence-corrected chi connectivity index (χ1v) is 4.77. The standard InChI is InChI=1S/C10H16N2O/c1-3-8(4-2)12-10(13)9-6-5-7-11-9/h1,8-9,11H,4-7H2,2H3,(H,12,13)/t8?,9-/m0/s1. The quantitative estimate of drug-likeness (QED) is 0.612. The number of terminal acetylenes is 1. The van der Waals surface area contributed by atoms with Gasteiger partial charge in [-0.2, -0.15) is 0 Å². The van der Waals surface area contributed by atoms with Gasteiger partial charge in [0.15, 0.2) is 0 Å². The van der Waals surface area contributed by atoms with E-state index in [9.17, 15) is 4.79 Å². The van der Waals surface area contributed by atoms with Crippen molar-refractivity contribution in [3.05, 3.63) is 0 Å². The molecule has 3 heteroatoms. The van der Waals surface area contributed by atoms with Gasteiger partial charge in [-0.1, -0.05) is 12.8 Å². The van der Waals surface area contributed by atoms with Crippen LogP contribution in [0, 0.1) is 12.3 Å². The van der Waals surface area contributed by atoms with E-state index in [4.69, 9.17) is 6.42 Å². The molecule has 0 radical (unpaired) electrons. The number of carbonyl (C=O) groups is 1. The van der Waals surface area contributed by atoms with Gasteiger partial charge in [0.25, 0.3) is 0 Å². The predicted octanol–water partition coefficient (Wildman–Crippen LogP) is 0.266. The molecule has 0 aromatic carbocycles. The molecule has 1 saturated heterocycles. The number of carbonyl (C=O) groups excluding carboxylic acids is 1. The van der Waals surface area contributed by atoms with Crippen molar-refractivity contribution < 1.29 is 4.79 Å². The Kier molecular flexibility index (Phi) is 3.78. The number of hydrogen-bond donors (Lipinski definition) is 2. The smallest absolute Gasteiger partial charge is 0.238 e. The lowest BCUT2D eigenvalue weighted by Gasteiger charge is -2.14. The van der Waals surface area contributed by atoms with E-state index in [0.29, 0.717) is 0 Å². The van der Waals surface area contributed by atoms with Gasteiger partial charge in [0, 0.05) is 0 Å². The molecule has 1 rings (SSSR count). The van der Waals surface area contributed by atoms with Crippen LogP contribution in [0.5, 0.6) is 0 Å². The van der Waals surface area contributed by atoms with Gasteiger partial charge in [0.1, 0.15) is 0 Å². The number of amides is 1. The highest BCUT2D eigenvalue weighted by Crippen LogP contribution is 2.05. The summed E-state index contributed by atoms with van der Waals surface area (Å²) in [7, 11) is 0. The van der Waals surface area contributed by atoms with Crippen LogP contribution in [0.1, 0.15) is 26.2 Å². The summed E-state index contributed by atoms with van der Waals surface area (Å²) in [6.45, 7) is 2.90. The van der Waals surface area contributed by atoms with E-state index in [1.807, 2.05) is 6.92 Å². The fourth-order valence-electron chi connectivity index (χ4n) is 1.44. The molecule has 1 aliphatic heterocycles. The van der Waals surface area contributed by atoms with E-state index in [-0.39, 0.29) is 18.0 Å². The van der Waals surface area contributed by atoms with Gasteiger partial charge in [-0.15, -0.1) is 6.42 Å². The first-order valence-electron chi connectivity index (χ1n) is 4.77. The van der Waals surface area contributed by atoms with E-state index < -0.39 is 0 Å². The third-order valence-corrected chi connectivity index (χ3v) is 2.30. The summed E-state index contributed by atoms with van der Waals surface area (Å²) >= 11 is 0. The SMILES string of the molecule is C#CC(CC)NC(=O)[C@@H]1CCCN1. The molecular formula is C10H16N2O. The Hall–Kier alpha value is -1.01. The van der Waals surface area contributed by atoms with E-state index in [1.54, 1.807) is 0 Å². The summed E-state index contributed by atoms with van der Waals surface area (Å²) in [5, 5.41) is 5.95. The lowest BCUT2D eigenvalue weighted by molar-refractivity contribution is -0.123. The van der Waals surface area contributed by atoms with Gasteiger partial charge in [0.2, 0.25) is 5.91 Å². The van der Waals surface area contributed by atoms with Crippen LogP contribution < -0.4 is 10.6 Å². The first kappa shape index (κ1) is 10.1. The maximum absolute atomic E-state index is 11.5. The van der Waals surface area contributed by atoms with Crippen molar-refractivity contribution in [2.45, 2.75) is 38.3 Å². The molecule has 1 heterocycles. The normalized spacial score (nSPS) is 23.5. The second-order valence-corrected chi connectivity index (χ2v) is 3.29. The zero-order valence-electron chi connectivity index (χ0n) is 7.97. The molecule has 72 valence electrons. The molecule has 3 nitrogen and oxygen atoms in total. The Bertz CT molecular complexity index is 213. The minimum Gasteiger partial charge on any atom is -0.341 e. The van der Waals surface area contributed by atoms with Crippen LogP contribution >= 0.6 is 0 Å². The third-order valence-electron chi connectivity index (χ3n) is 2.30. The van der Waals surface area contributed by atoms with Crippen LogP contribution in [0.15, 0.2) is 0 Å². The molecule has 0 aromatic heterocycles.